The van der Waals surface area contributed by atoms with E-state index in [-0.39, 0.29) is 12.1 Å². The number of ether oxygens (including phenoxy) is 2. The minimum atomic E-state index is -0.435. The number of carbonyl (C=O) groups excluding carboxylic acids is 1. The zero-order valence-corrected chi connectivity index (χ0v) is 15.5. The largest absolute Gasteiger partial charge is 0.465 e. The number of esters is 1. The van der Waals surface area contributed by atoms with Crippen LogP contribution in [0.5, 0.6) is 0 Å². The van der Waals surface area contributed by atoms with Gasteiger partial charge in [-0.15, -0.1) is 0 Å². The van der Waals surface area contributed by atoms with Crippen LogP contribution in [0.4, 0.5) is 0 Å². The summed E-state index contributed by atoms with van der Waals surface area (Å²) in [7, 11) is 0. The Kier molecular flexibility index (Phi) is 7.29. The van der Waals surface area contributed by atoms with E-state index >= 15 is 0 Å². The van der Waals surface area contributed by atoms with Gasteiger partial charge in [0, 0.05) is 0 Å². The molecule has 1 aliphatic rings. The lowest BCUT2D eigenvalue weighted by Crippen LogP contribution is -2.41. The van der Waals surface area contributed by atoms with E-state index in [9.17, 15) is 4.79 Å². The average Bonchev–Trinajstić information content (AvgIpc) is 2.99. The molecule has 1 saturated carbocycles. The molecule has 0 bridgehead atoms. The molecule has 0 radical (unpaired) electrons. The van der Waals surface area contributed by atoms with E-state index in [2.05, 4.69) is 38.1 Å². The van der Waals surface area contributed by atoms with Gasteiger partial charge in [-0.05, 0) is 45.1 Å². The number of hydrogen-bond acceptors (Lipinski definition) is 3. The molecule has 2 unspecified atom stereocenters. The molecule has 3 heteroatoms. The van der Waals surface area contributed by atoms with Crippen molar-refractivity contribution in [3.8, 4) is 0 Å². The molecule has 0 aliphatic heterocycles. The van der Waals surface area contributed by atoms with Crippen molar-refractivity contribution in [2.45, 2.75) is 78.4 Å². The number of rotatable bonds is 9. The fraction of sp³-hybridized carbons (Fsp3) is 0.667. The predicted molar refractivity (Wildman–Crippen MR) is 96.8 cm³/mol. The minimum Gasteiger partial charge on any atom is -0.465 e. The van der Waals surface area contributed by atoms with Crippen LogP contribution < -0.4 is 0 Å². The molecule has 2 atom stereocenters. The highest BCUT2D eigenvalue weighted by molar-refractivity contribution is 5.78. The summed E-state index contributed by atoms with van der Waals surface area (Å²) < 4.78 is 11.7. The first-order chi connectivity index (χ1) is 11.6. The second kappa shape index (κ2) is 9.22. The Balaban J connectivity index is 2.06. The van der Waals surface area contributed by atoms with Gasteiger partial charge in [-0.3, -0.25) is 4.79 Å². The van der Waals surface area contributed by atoms with Crippen molar-refractivity contribution < 1.29 is 14.3 Å². The van der Waals surface area contributed by atoms with Crippen LogP contribution in [0.2, 0.25) is 0 Å². The zero-order chi connectivity index (χ0) is 17.4. The van der Waals surface area contributed by atoms with Gasteiger partial charge >= 0.3 is 5.97 Å². The van der Waals surface area contributed by atoms with Crippen molar-refractivity contribution in [2.75, 3.05) is 6.61 Å². The lowest BCUT2D eigenvalue weighted by molar-refractivity contribution is -0.165. The summed E-state index contributed by atoms with van der Waals surface area (Å²) in [6, 6.07) is 8.42. The van der Waals surface area contributed by atoms with E-state index in [0.29, 0.717) is 13.2 Å². The van der Waals surface area contributed by atoms with Gasteiger partial charge in [-0.1, -0.05) is 56.0 Å². The summed E-state index contributed by atoms with van der Waals surface area (Å²) in [6.45, 7) is 7.17. The maximum atomic E-state index is 12.7. The van der Waals surface area contributed by atoms with E-state index in [0.717, 1.165) is 44.9 Å². The quantitative estimate of drug-likeness (QED) is 0.461. The van der Waals surface area contributed by atoms with Gasteiger partial charge in [0.05, 0.1) is 24.7 Å². The van der Waals surface area contributed by atoms with Crippen LogP contribution in [0.3, 0.4) is 0 Å². The molecule has 0 N–H and O–H groups in total. The third kappa shape index (κ3) is 4.60. The third-order valence-corrected chi connectivity index (χ3v) is 5.19. The lowest BCUT2D eigenvalue weighted by Gasteiger charge is -2.33. The molecule has 1 aromatic carbocycles. The second-order valence-corrected chi connectivity index (χ2v) is 7.01. The highest BCUT2D eigenvalue weighted by atomic mass is 16.5. The van der Waals surface area contributed by atoms with Gasteiger partial charge in [-0.2, -0.15) is 0 Å². The Hall–Kier alpha value is -1.35. The Labute approximate surface area is 146 Å². The molecular formula is C21H32O3. The van der Waals surface area contributed by atoms with Crippen LogP contribution in [0.25, 0.3) is 0 Å². The molecule has 1 aromatic rings. The van der Waals surface area contributed by atoms with Crippen molar-refractivity contribution >= 4 is 5.97 Å². The molecule has 0 heterocycles. The first kappa shape index (κ1) is 19.0. The summed E-state index contributed by atoms with van der Waals surface area (Å²) in [4.78, 5) is 12.7. The van der Waals surface area contributed by atoms with Crippen molar-refractivity contribution in [1.82, 2.24) is 0 Å². The van der Waals surface area contributed by atoms with Gasteiger partial charge in [0.2, 0.25) is 0 Å². The van der Waals surface area contributed by atoms with E-state index < -0.39 is 5.41 Å². The van der Waals surface area contributed by atoms with Gasteiger partial charge in [0.25, 0.3) is 0 Å². The molecule has 1 fully saturated rings. The van der Waals surface area contributed by atoms with Crippen LogP contribution in [-0.2, 0) is 20.9 Å². The molecule has 134 valence electrons. The fourth-order valence-electron chi connectivity index (χ4n) is 3.75. The number of benzene rings is 1. The fourth-order valence-corrected chi connectivity index (χ4v) is 3.75. The average molecular weight is 332 g/mol. The van der Waals surface area contributed by atoms with Gasteiger partial charge < -0.3 is 9.47 Å². The van der Waals surface area contributed by atoms with E-state index in [1.165, 1.54) is 11.1 Å². The Morgan fingerprint density at radius 2 is 1.96 bits per heavy atom. The van der Waals surface area contributed by atoms with Gasteiger partial charge in [-0.25, -0.2) is 0 Å². The van der Waals surface area contributed by atoms with Crippen LogP contribution in [0, 0.1) is 12.3 Å². The smallest absolute Gasteiger partial charge is 0.314 e. The topological polar surface area (TPSA) is 35.5 Å². The Morgan fingerprint density at radius 3 is 2.62 bits per heavy atom. The van der Waals surface area contributed by atoms with Crippen molar-refractivity contribution in [1.29, 1.82) is 0 Å². The molecule has 0 spiro atoms. The predicted octanol–water partition coefficient (Wildman–Crippen LogP) is 5.19. The molecule has 3 nitrogen and oxygen atoms in total. The minimum absolute atomic E-state index is 0.0188. The van der Waals surface area contributed by atoms with E-state index in [1.54, 1.807) is 0 Å². The highest BCUT2D eigenvalue weighted by Crippen LogP contribution is 2.45. The Morgan fingerprint density at radius 1 is 1.21 bits per heavy atom. The summed E-state index contributed by atoms with van der Waals surface area (Å²) in [5, 5.41) is 0. The van der Waals surface area contributed by atoms with E-state index in [1.807, 2.05) is 6.92 Å². The van der Waals surface area contributed by atoms with Gasteiger partial charge in [0.15, 0.2) is 0 Å². The monoisotopic (exact) mass is 332 g/mol. The Bertz CT molecular complexity index is 508. The number of carbonyl (C=O) groups is 1. The lowest BCUT2D eigenvalue weighted by atomic mass is 9.79. The van der Waals surface area contributed by atoms with Crippen molar-refractivity contribution in [2.24, 2.45) is 5.41 Å². The molecule has 2 rings (SSSR count). The molecule has 0 amide bonds. The highest BCUT2D eigenvalue weighted by Gasteiger charge is 2.50. The standard InChI is InChI=1S/C21H32O3/c1-4-6-7-14-21(20(22)23-5-2)15-8-9-19(21)24-16-18-12-10-17(3)11-13-18/h10-13,19H,4-9,14-16H2,1-3H3. The zero-order valence-electron chi connectivity index (χ0n) is 15.5. The van der Waals surface area contributed by atoms with Crippen LogP contribution in [-0.4, -0.2) is 18.7 Å². The van der Waals surface area contributed by atoms with Crippen LogP contribution >= 0.6 is 0 Å². The first-order valence-electron chi connectivity index (χ1n) is 9.46. The molecule has 0 saturated heterocycles. The van der Waals surface area contributed by atoms with Crippen molar-refractivity contribution in [3.63, 3.8) is 0 Å². The summed E-state index contributed by atoms with van der Waals surface area (Å²) in [6.07, 6.45) is 7.15. The second-order valence-electron chi connectivity index (χ2n) is 7.01. The first-order valence-corrected chi connectivity index (χ1v) is 9.46. The van der Waals surface area contributed by atoms with E-state index in [4.69, 9.17) is 9.47 Å². The molecule has 24 heavy (non-hydrogen) atoms. The summed E-state index contributed by atoms with van der Waals surface area (Å²) in [5.74, 6) is -0.0486. The molecule has 1 aliphatic carbocycles. The summed E-state index contributed by atoms with van der Waals surface area (Å²) >= 11 is 0. The van der Waals surface area contributed by atoms with Crippen LogP contribution in [0.15, 0.2) is 24.3 Å². The summed E-state index contributed by atoms with van der Waals surface area (Å²) in [5.41, 5.74) is 1.98. The number of aryl methyl sites for hydroxylation is 1. The maximum absolute atomic E-state index is 12.7. The number of hydrogen-bond donors (Lipinski definition) is 0. The molecular weight excluding hydrogens is 300 g/mol. The van der Waals surface area contributed by atoms with Gasteiger partial charge in [0.1, 0.15) is 0 Å². The maximum Gasteiger partial charge on any atom is 0.314 e. The van der Waals surface area contributed by atoms with Crippen LogP contribution in [0.1, 0.15) is 69.9 Å². The normalized spacial score (nSPS) is 23.4. The number of unbranched alkanes of at least 4 members (excludes halogenated alkanes) is 2. The SMILES string of the molecule is CCCCCC1(C(=O)OCC)CCCC1OCc1ccc(C)cc1. The third-order valence-electron chi connectivity index (χ3n) is 5.19. The molecule has 0 aromatic heterocycles. The van der Waals surface area contributed by atoms with Crippen molar-refractivity contribution in [3.05, 3.63) is 35.4 Å².